The van der Waals surface area contributed by atoms with Gasteiger partial charge < -0.3 is 0 Å². The molecule has 3 atom stereocenters. The predicted octanol–water partition coefficient (Wildman–Crippen LogP) is 2.69. The van der Waals surface area contributed by atoms with Crippen LogP contribution in [0.15, 0.2) is 17.6 Å². The van der Waals surface area contributed by atoms with E-state index in [4.69, 9.17) is 12.3 Å². The Morgan fingerprint density at radius 2 is 2.07 bits per heavy atom. The molecule has 0 aromatic rings. The minimum absolute atomic E-state index is 0.182. The first-order valence-electron chi connectivity index (χ1n) is 5.39. The number of hydrogen-bond acceptors (Lipinski definition) is 2. The van der Waals surface area contributed by atoms with Crippen LogP contribution in [0.5, 0.6) is 0 Å². The van der Waals surface area contributed by atoms with Gasteiger partial charge in [-0.15, -0.1) is 6.58 Å². The van der Waals surface area contributed by atoms with Gasteiger partial charge >= 0.3 is 6.17 Å². The van der Waals surface area contributed by atoms with E-state index in [1.54, 1.807) is 0 Å². The molecule has 0 amide bonds. The Labute approximate surface area is 92.9 Å². The Bertz CT molecular complexity index is 230. The summed E-state index contributed by atoms with van der Waals surface area (Å²) in [6, 6.07) is 0.347. The SMILES string of the molecule is C#[N+]C(N)C(C=C)CCCCC(C)N=C. The van der Waals surface area contributed by atoms with Crippen molar-refractivity contribution in [3.63, 3.8) is 0 Å². The van der Waals surface area contributed by atoms with Crippen LogP contribution in [0.1, 0.15) is 32.6 Å². The van der Waals surface area contributed by atoms with Crippen molar-refractivity contribution in [1.29, 1.82) is 0 Å². The zero-order valence-corrected chi connectivity index (χ0v) is 9.60. The van der Waals surface area contributed by atoms with Crippen molar-refractivity contribution >= 4 is 6.72 Å². The molecule has 0 radical (unpaired) electrons. The fourth-order valence-corrected chi connectivity index (χ4v) is 1.45. The van der Waals surface area contributed by atoms with E-state index in [-0.39, 0.29) is 12.1 Å². The quantitative estimate of drug-likeness (QED) is 0.372. The van der Waals surface area contributed by atoms with Crippen LogP contribution >= 0.6 is 0 Å². The highest BCUT2D eigenvalue weighted by Crippen LogP contribution is 2.15. The number of hydrogen-bond donors (Lipinski definition) is 1. The second-order valence-electron chi connectivity index (χ2n) is 3.86. The summed E-state index contributed by atoms with van der Waals surface area (Å²) in [5.74, 6) is 0.182. The van der Waals surface area contributed by atoms with Crippen molar-refractivity contribution in [3.05, 3.63) is 17.5 Å². The molecule has 0 rings (SSSR count). The van der Waals surface area contributed by atoms with Crippen molar-refractivity contribution in [2.75, 3.05) is 0 Å². The second-order valence-corrected chi connectivity index (χ2v) is 3.86. The van der Waals surface area contributed by atoms with Gasteiger partial charge in [0.2, 0.25) is 0 Å². The number of rotatable bonds is 8. The van der Waals surface area contributed by atoms with Crippen LogP contribution in [0.25, 0.3) is 4.85 Å². The topological polar surface area (TPSA) is 42.7 Å². The summed E-state index contributed by atoms with van der Waals surface area (Å²) in [6.45, 7) is 14.5. The third kappa shape index (κ3) is 6.03. The first-order chi connectivity index (χ1) is 7.15. The lowest BCUT2D eigenvalue weighted by Gasteiger charge is -2.09. The molecule has 0 aliphatic heterocycles. The number of nitrogens with zero attached hydrogens (tertiary/aromatic N) is 2. The van der Waals surface area contributed by atoms with Crippen LogP contribution in [0.4, 0.5) is 0 Å². The van der Waals surface area contributed by atoms with Gasteiger partial charge in [0, 0.05) is 6.04 Å². The van der Waals surface area contributed by atoms with E-state index in [1.165, 1.54) is 0 Å². The summed E-state index contributed by atoms with van der Waals surface area (Å²) < 4.78 is 0. The Hall–Kier alpha value is -1.14. The van der Waals surface area contributed by atoms with E-state index in [2.05, 4.69) is 30.1 Å². The molecule has 3 heteroatoms. The van der Waals surface area contributed by atoms with Gasteiger partial charge in [-0.2, -0.15) is 0 Å². The average molecular weight is 208 g/mol. The first kappa shape index (κ1) is 13.9. The van der Waals surface area contributed by atoms with E-state index in [9.17, 15) is 0 Å². The molecule has 2 N–H and O–H groups in total. The molecule has 0 saturated heterocycles. The van der Waals surface area contributed by atoms with E-state index < -0.39 is 0 Å². The molecule has 0 bridgehead atoms. The van der Waals surface area contributed by atoms with Crippen molar-refractivity contribution in [2.24, 2.45) is 16.6 Å². The lowest BCUT2D eigenvalue weighted by molar-refractivity contribution is 0.482. The molecular weight excluding hydrogens is 186 g/mol. The first-order valence-corrected chi connectivity index (χ1v) is 5.39. The van der Waals surface area contributed by atoms with Gasteiger partial charge in [-0.1, -0.05) is 23.8 Å². The van der Waals surface area contributed by atoms with E-state index in [1.807, 2.05) is 6.08 Å². The standard InChI is InChI=1S/C12H22N3/c1-5-11(12(13)15-4)9-7-6-8-10(2)14-3/h4-5,10-12H,1,3,6-9,13H2,2H3/q+1. The fraction of sp³-hybridized carbons (Fsp3) is 0.667. The van der Waals surface area contributed by atoms with Gasteiger partial charge in [0.05, 0.1) is 5.92 Å². The van der Waals surface area contributed by atoms with E-state index in [0.29, 0.717) is 6.04 Å². The highest BCUT2D eigenvalue weighted by molar-refractivity contribution is 5.23. The minimum atomic E-state index is -0.322. The molecule has 84 valence electrons. The van der Waals surface area contributed by atoms with Crippen LogP contribution in [-0.2, 0) is 0 Å². The van der Waals surface area contributed by atoms with Gasteiger partial charge in [0.1, 0.15) is 0 Å². The van der Waals surface area contributed by atoms with E-state index >= 15 is 0 Å². The smallest absolute Gasteiger partial charge is 0.298 e. The lowest BCUT2D eigenvalue weighted by atomic mass is 9.98. The Morgan fingerprint density at radius 3 is 2.53 bits per heavy atom. The number of unbranched alkanes of at least 4 members (excludes halogenated alkanes) is 1. The number of nitrogens with two attached hydrogens (primary N) is 1. The van der Waals surface area contributed by atoms with Crippen LogP contribution in [0.3, 0.4) is 0 Å². The zero-order valence-electron chi connectivity index (χ0n) is 9.60. The molecule has 3 unspecified atom stereocenters. The molecule has 0 saturated carbocycles. The lowest BCUT2D eigenvalue weighted by Crippen LogP contribution is -2.24. The Morgan fingerprint density at radius 1 is 1.47 bits per heavy atom. The van der Waals surface area contributed by atoms with Gasteiger partial charge in [0.15, 0.2) is 0 Å². The van der Waals surface area contributed by atoms with Crippen molar-refractivity contribution in [3.8, 4) is 6.57 Å². The maximum absolute atomic E-state index is 5.70. The van der Waals surface area contributed by atoms with Gasteiger partial charge in [0.25, 0.3) is 6.57 Å². The maximum atomic E-state index is 5.70. The van der Waals surface area contributed by atoms with Crippen LogP contribution < -0.4 is 5.73 Å². The third-order valence-corrected chi connectivity index (χ3v) is 2.63. The van der Waals surface area contributed by atoms with Gasteiger partial charge in [-0.05, 0) is 26.5 Å². The molecule has 0 fully saturated rings. The summed E-state index contributed by atoms with van der Waals surface area (Å²) in [5.41, 5.74) is 5.70. The summed E-state index contributed by atoms with van der Waals surface area (Å²) in [5, 5.41) is 0. The summed E-state index contributed by atoms with van der Waals surface area (Å²) in [7, 11) is 0. The zero-order chi connectivity index (χ0) is 11.7. The molecule has 15 heavy (non-hydrogen) atoms. The van der Waals surface area contributed by atoms with Crippen LogP contribution in [0, 0.1) is 12.5 Å². The third-order valence-electron chi connectivity index (χ3n) is 2.63. The minimum Gasteiger partial charge on any atom is -0.298 e. The molecule has 0 heterocycles. The summed E-state index contributed by atoms with van der Waals surface area (Å²) >= 11 is 0. The molecule has 0 aliphatic rings. The second kappa shape index (κ2) is 8.19. The van der Waals surface area contributed by atoms with Crippen LogP contribution in [-0.4, -0.2) is 18.9 Å². The average Bonchev–Trinajstić information content (AvgIpc) is 2.27. The monoisotopic (exact) mass is 208 g/mol. The summed E-state index contributed by atoms with van der Waals surface area (Å²) in [6.07, 6.45) is 5.78. The molecular formula is C12H22N3+. The molecule has 3 nitrogen and oxygen atoms in total. The molecule has 0 aliphatic carbocycles. The predicted molar refractivity (Wildman–Crippen MR) is 67.4 cm³/mol. The maximum Gasteiger partial charge on any atom is 0.329 e. The summed E-state index contributed by atoms with van der Waals surface area (Å²) in [4.78, 5) is 7.51. The highest BCUT2D eigenvalue weighted by Gasteiger charge is 2.20. The van der Waals surface area contributed by atoms with Crippen molar-refractivity contribution in [1.82, 2.24) is 0 Å². The van der Waals surface area contributed by atoms with Crippen LogP contribution in [0.2, 0.25) is 0 Å². The van der Waals surface area contributed by atoms with Crippen molar-refractivity contribution < 1.29 is 0 Å². The molecule has 0 spiro atoms. The van der Waals surface area contributed by atoms with Gasteiger partial charge in [-0.3, -0.25) is 10.7 Å². The Kier molecular flexibility index (Phi) is 7.57. The van der Waals surface area contributed by atoms with Crippen molar-refractivity contribution in [2.45, 2.75) is 44.8 Å². The molecule has 0 aromatic carbocycles. The van der Waals surface area contributed by atoms with E-state index in [0.717, 1.165) is 25.7 Å². The number of aliphatic imine (C=N–C) groups is 1. The normalized spacial score (nSPS) is 16.1. The molecule has 0 aromatic heterocycles. The highest BCUT2D eigenvalue weighted by atomic mass is 14.9. The Balaban J connectivity index is 3.69. The fourth-order valence-electron chi connectivity index (χ4n) is 1.45. The largest absolute Gasteiger partial charge is 0.329 e. The van der Waals surface area contributed by atoms with Gasteiger partial charge in [-0.25, -0.2) is 0 Å².